The molecule has 0 unspecified atom stereocenters. The molecule has 0 spiro atoms. The lowest BCUT2D eigenvalue weighted by molar-refractivity contribution is -0.384. The first-order valence-electron chi connectivity index (χ1n) is 11.1. The van der Waals surface area contributed by atoms with Gasteiger partial charge in [0, 0.05) is 23.8 Å². The summed E-state index contributed by atoms with van der Waals surface area (Å²) in [5.41, 5.74) is 1.74. The summed E-state index contributed by atoms with van der Waals surface area (Å²) in [7, 11) is 1.41. The minimum atomic E-state index is -0.676. The van der Waals surface area contributed by atoms with Gasteiger partial charge in [-0.05, 0) is 65.7 Å². The van der Waals surface area contributed by atoms with Crippen molar-refractivity contribution >= 4 is 35.7 Å². The van der Waals surface area contributed by atoms with E-state index in [1.54, 1.807) is 30.3 Å². The number of nitro benzene ring substituents is 1. The molecule has 0 bridgehead atoms. The van der Waals surface area contributed by atoms with Crippen LogP contribution in [0.25, 0.3) is 12.2 Å². The van der Waals surface area contributed by atoms with E-state index in [-0.39, 0.29) is 35.6 Å². The van der Waals surface area contributed by atoms with E-state index in [1.165, 1.54) is 55.7 Å². The molecule has 0 atom stereocenters. The van der Waals surface area contributed by atoms with Gasteiger partial charge in [-0.3, -0.25) is 10.1 Å². The highest BCUT2D eigenvalue weighted by atomic mass is 16.7. The van der Waals surface area contributed by atoms with Gasteiger partial charge >= 0.3 is 11.9 Å². The molecule has 0 fully saturated rings. The molecular formula is C27H18N2O9. The maximum Gasteiger partial charge on any atom is 0.363 e. The van der Waals surface area contributed by atoms with Crippen LogP contribution in [0.4, 0.5) is 5.69 Å². The van der Waals surface area contributed by atoms with Gasteiger partial charge in [0.2, 0.25) is 12.7 Å². The second kappa shape index (κ2) is 10.3. The quantitative estimate of drug-likeness (QED) is 0.149. The summed E-state index contributed by atoms with van der Waals surface area (Å²) in [5.74, 6) is 0.389. The Kier molecular flexibility index (Phi) is 6.55. The average molecular weight is 514 g/mol. The SMILES string of the molecule is COc1cc(/C=C2/N=C(c3ccc4c(c3)OCO4)OC2=O)ccc1OC(=O)/C=C/c1ccc([N+](=O)[O-])cc1. The fourth-order valence-electron chi connectivity index (χ4n) is 3.59. The van der Waals surface area contributed by atoms with E-state index < -0.39 is 16.9 Å². The molecule has 3 aromatic carbocycles. The van der Waals surface area contributed by atoms with Crippen molar-refractivity contribution in [2.75, 3.05) is 13.9 Å². The molecule has 38 heavy (non-hydrogen) atoms. The van der Waals surface area contributed by atoms with Crippen LogP contribution in [-0.2, 0) is 14.3 Å². The fourth-order valence-corrected chi connectivity index (χ4v) is 3.59. The highest BCUT2D eigenvalue weighted by molar-refractivity contribution is 6.13. The van der Waals surface area contributed by atoms with Crippen molar-refractivity contribution in [3.63, 3.8) is 0 Å². The van der Waals surface area contributed by atoms with Gasteiger partial charge in [-0.2, -0.15) is 0 Å². The summed E-state index contributed by atoms with van der Waals surface area (Å²) in [5, 5.41) is 10.7. The second-order valence-corrected chi connectivity index (χ2v) is 7.92. The van der Waals surface area contributed by atoms with E-state index in [9.17, 15) is 19.7 Å². The summed E-state index contributed by atoms with van der Waals surface area (Å²) < 4.78 is 26.6. The lowest BCUT2D eigenvalue weighted by atomic mass is 10.1. The van der Waals surface area contributed by atoms with Gasteiger partial charge in [-0.1, -0.05) is 6.07 Å². The number of aliphatic imine (C=N–C) groups is 1. The number of esters is 2. The lowest BCUT2D eigenvalue weighted by Crippen LogP contribution is -2.05. The molecule has 2 heterocycles. The number of nitro groups is 1. The third-order valence-corrected chi connectivity index (χ3v) is 5.46. The Morgan fingerprint density at radius 1 is 1.00 bits per heavy atom. The molecule has 3 aromatic rings. The van der Waals surface area contributed by atoms with E-state index in [0.717, 1.165) is 0 Å². The number of hydrogen-bond donors (Lipinski definition) is 0. The predicted molar refractivity (Wildman–Crippen MR) is 134 cm³/mol. The zero-order chi connectivity index (χ0) is 26.6. The van der Waals surface area contributed by atoms with Crippen LogP contribution < -0.4 is 18.9 Å². The molecule has 0 amide bonds. The summed E-state index contributed by atoms with van der Waals surface area (Å²) >= 11 is 0. The van der Waals surface area contributed by atoms with Crippen LogP contribution in [-0.4, -0.2) is 36.7 Å². The molecule has 0 saturated carbocycles. The molecule has 11 heteroatoms. The van der Waals surface area contributed by atoms with Crippen LogP contribution in [0, 0.1) is 10.1 Å². The molecular weight excluding hydrogens is 496 g/mol. The molecule has 190 valence electrons. The first-order valence-corrected chi connectivity index (χ1v) is 11.1. The van der Waals surface area contributed by atoms with E-state index in [2.05, 4.69) is 4.99 Å². The largest absolute Gasteiger partial charge is 0.493 e. The number of rotatable bonds is 7. The van der Waals surface area contributed by atoms with Crippen molar-refractivity contribution in [2.45, 2.75) is 0 Å². The lowest BCUT2D eigenvalue weighted by Gasteiger charge is -2.08. The Labute approximate surface area is 215 Å². The van der Waals surface area contributed by atoms with Gasteiger partial charge in [0.25, 0.3) is 5.69 Å². The Morgan fingerprint density at radius 3 is 2.53 bits per heavy atom. The third-order valence-electron chi connectivity index (χ3n) is 5.46. The highest BCUT2D eigenvalue weighted by Crippen LogP contribution is 2.34. The van der Waals surface area contributed by atoms with Gasteiger partial charge in [0.15, 0.2) is 28.7 Å². The minimum absolute atomic E-state index is 0.0507. The van der Waals surface area contributed by atoms with Gasteiger partial charge in [-0.15, -0.1) is 0 Å². The molecule has 2 aliphatic heterocycles. The first kappa shape index (κ1) is 24.3. The highest BCUT2D eigenvalue weighted by Gasteiger charge is 2.26. The summed E-state index contributed by atoms with van der Waals surface area (Å²) in [6.07, 6.45) is 4.18. The number of nitrogens with zero attached hydrogens (tertiary/aromatic N) is 2. The molecule has 0 saturated heterocycles. The molecule has 2 aliphatic rings. The topological polar surface area (TPSA) is 136 Å². The van der Waals surface area contributed by atoms with Crippen molar-refractivity contribution in [3.8, 4) is 23.0 Å². The van der Waals surface area contributed by atoms with Crippen LogP contribution in [0.1, 0.15) is 16.7 Å². The Bertz CT molecular complexity index is 1540. The van der Waals surface area contributed by atoms with Crippen molar-refractivity contribution in [2.24, 2.45) is 4.99 Å². The summed E-state index contributed by atoms with van der Waals surface area (Å²) in [6, 6.07) is 15.5. The maximum atomic E-state index is 12.4. The summed E-state index contributed by atoms with van der Waals surface area (Å²) in [4.78, 5) is 39.2. The van der Waals surface area contributed by atoms with Crippen LogP contribution in [0.3, 0.4) is 0 Å². The third kappa shape index (κ3) is 5.21. The Balaban J connectivity index is 1.29. The van der Waals surface area contributed by atoms with Gasteiger partial charge in [0.1, 0.15) is 0 Å². The number of carbonyl (C=O) groups is 2. The average Bonchev–Trinajstić information content (AvgIpc) is 3.54. The summed E-state index contributed by atoms with van der Waals surface area (Å²) in [6.45, 7) is 0.124. The number of fused-ring (bicyclic) bond motifs is 1. The molecule has 0 radical (unpaired) electrons. The van der Waals surface area contributed by atoms with Crippen LogP contribution in [0.15, 0.2) is 77.4 Å². The van der Waals surface area contributed by atoms with E-state index >= 15 is 0 Å². The standard InChI is InChI=1S/C27H18N2O9/c1-34-23-13-17(4-9-22(23)37-25(30)11-5-16-2-7-19(8-3-16)29(32)33)12-20-27(31)38-26(28-20)18-6-10-21-24(14-18)36-15-35-21/h2-14H,15H2,1H3/b11-5+,20-12+. The fraction of sp³-hybridized carbons (Fsp3) is 0.0741. The Morgan fingerprint density at radius 2 is 1.76 bits per heavy atom. The molecule has 5 rings (SSSR count). The molecule has 0 aliphatic carbocycles. The number of non-ortho nitro benzene ring substituents is 1. The van der Waals surface area contributed by atoms with Crippen molar-refractivity contribution in [1.29, 1.82) is 0 Å². The monoisotopic (exact) mass is 514 g/mol. The smallest absolute Gasteiger partial charge is 0.363 e. The first-order chi connectivity index (χ1) is 18.4. The zero-order valence-corrected chi connectivity index (χ0v) is 19.8. The number of cyclic esters (lactones) is 1. The number of hydrogen-bond acceptors (Lipinski definition) is 10. The van der Waals surface area contributed by atoms with Crippen LogP contribution in [0.5, 0.6) is 23.0 Å². The van der Waals surface area contributed by atoms with E-state index in [1.807, 2.05) is 0 Å². The minimum Gasteiger partial charge on any atom is -0.493 e. The van der Waals surface area contributed by atoms with E-state index in [4.69, 9.17) is 23.7 Å². The molecule has 11 nitrogen and oxygen atoms in total. The van der Waals surface area contributed by atoms with E-state index in [0.29, 0.717) is 28.2 Å². The van der Waals surface area contributed by atoms with Crippen molar-refractivity contribution in [1.82, 2.24) is 0 Å². The van der Waals surface area contributed by atoms with Gasteiger partial charge < -0.3 is 23.7 Å². The number of methoxy groups -OCH3 is 1. The zero-order valence-electron chi connectivity index (χ0n) is 19.8. The number of ether oxygens (including phenoxy) is 5. The maximum absolute atomic E-state index is 12.4. The normalized spacial score (nSPS) is 14.9. The van der Waals surface area contributed by atoms with Gasteiger partial charge in [-0.25, -0.2) is 14.6 Å². The molecule has 0 N–H and O–H groups in total. The number of benzene rings is 3. The molecule has 0 aromatic heterocycles. The number of carbonyl (C=O) groups excluding carboxylic acids is 2. The van der Waals surface area contributed by atoms with Crippen LogP contribution in [0.2, 0.25) is 0 Å². The predicted octanol–water partition coefficient (Wildman–Crippen LogP) is 4.30. The van der Waals surface area contributed by atoms with Crippen LogP contribution >= 0.6 is 0 Å². The Hall–Kier alpha value is -5.45. The van der Waals surface area contributed by atoms with Crippen molar-refractivity contribution < 1.29 is 38.2 Å². The van der Waals surface area contributed by atoms with Gasteiger partial charge in [0.05, 0.1) is 12.0 Å². The second-order valence-electron chi connectivity index (χ2n) is 7.92. The van der Waals surface area contributed by atoms with Crippen molar-refractivity contribution in [3.05, 3.63) is 99.2 Å².